The Balaban J connectivity index is 1.23. The number of aromatic nitrogens is 3. The van der Waals surface area contributed by atoms with E-state index in [0.717, 1.165) is 53.1 Å². The minimum atomic E-state index is -0.866. The maximum absolute atomic E-state index is 12.5. The molecule has 2 N–H and O–H groups in total. The largest absolute Gasteiger partial charge is 0.493 e. The number of pyridine rings is 1. The number of hydrogen-bond donors (Lipinski definition) is 2. The highest BCUT2D eigenvalue weighted by Gasteiger charge is 2.33. The van der Waals surface area contributed by atoms with Crippen LogP contribution >= 0.6 is 0 Å². The van der Waals surface area contributed by atoms with Gasteiger partial charge in [-0.1, -0.05) is 0 Å². The SMILES string of the molecule is CC(C)(C)OC(=O)N1CCC(C(CC(=O)O)n2ncc3cc(OCCc4ccc5c(n4)CCCN5)ccc32)CC1. The fourth-order valence-corrected chi connectivity index (χ4v) is 5.60. The van der Waals surface area contributed by atoms with Crippen LogP contribution in [0.15, 0.2) is 36.5 Å². The second-order valence-electron chi connectivity index (χ2n) is 11.7. The molecule has 0 bridgehead atoms. The van der Waals surface area contributed by atoms with Gasteiger partial charge >= 0.3 is 12.1 Å². The number of carbonyl (C=O) groups is 2. The molecule has 0 aliphatic carbocycles. The molecule has 214 valence electrons. The van der Waals surface area contributed by atoms with E-state index in [1.807, 2.05) is 49.7 Å². The molecule has 1 atom stereocenters. The Morgan fingerprint density at radius 2 is 1.98 bits per heavy atom. The Labute approximate surface area is 234 Å². The van der Waals surface area contributed by atoms with Crippen LogP contribution in [-0.4, -0.2) is 68.7 Å². The second kappa shape index (κ2) is 11.7. The van der Waals surface area contributed by atoms with Crippen LogP contribution in [0.1, 0.15) is 63.9 Å². The number of fused-ring (bicyclic) bond motifs is 2. The highest BCUT2D eigenvalue weighted by atomic mass is 16.6. The van der Waals surface area contributed by atoms with Crippen molar-refractivity contribution in [2.24, 2.45) is 5.92 Å². The number of amides is 1. The van der Waals surface area contributed by atoms with Crippen LogP contribution in [0.2, 0.25) is 0 Å². The third kappa shape index (κ3) is 6.66. The summed E-state index contributed by atoms with van der Waals surface area (Å²) in [6.07, 6.45) is 5.61. The number of ether oxygens (including phenoxy) is 2. The van der Waals surface area contributed by atoms with Crippen molar-refractivity contribution in [2.75, 3.05) is 31.6 Å². The number of likely N-dealkylation sites (tertiary alicyclic amines) is 1. The van der Waals surface area contributed by atoms with Gasteiger partial charge < -0.3 is 24.8 Å². The van der Waals surface area contributed by atoms with Crippen molar-refractivity contribution in [3.8, 4) is 5.75 Å². The predicted molar refractivity (Wildman–Crippen MR) is 152 cm³/mol. The summed E-state index contributed by atoms with van der Waals surface area (Å²) in [4.78, 5) is 30.8. The van der Waals surface area contributed by atoms with Gasteiger partial charge in [-0.15, -0.1) is 0 Å². The van der Waals surface area contributed by atoms with Gasteiger partial charge in [0.2, 0.25) is 0 Å². The summed E-state index contributed by atoms with van der Waals surface area (Å²) in [5.41, 5.74) is 3.60. The Morgan fingerprint density at radius 1 is 1.18 bits per heavy atom. The summed E-state index contributed by atoms with van der Waals surface area (Å²) in [6, 6.07) is 9.65. The van der Waals surface area contributed by atoms with Crippen LogP contribution in [-0.2, 0) is 22.4 Å². The summed E-state index contributed by atoms with van der Waals surface area (Å²) in [6.45, 7) is 8.13. The zero-order valence-electron chi connectivity index (χ0n) is 23.6. The lowest BCUT2D eigenvalue weighted by atomic mass is 9.87. The summed E-state index contributed by atoms with van der Waals surface area (Å²) in [7, 11) is 0. The van der Waals surface area contributed by atoms with Gasteiger partial charge in [-0.05, 0) is 82.7 Å². The molecule has 1 saturated heterocycles. The van der Waals surface area contributed by atoms with Crippen molar-refractivity contribution in [2.45, 2.75) is 70.9 Å². The fraction of sp³-hybridized carbons (Fsp3) is 0.533. The molecule has 1 unspecified atom stereocenters. The number of anilines is 1. The molecule has 0 spiro atoms. The first kappa shape index (κ1) is 27.7. The summed E-state index contributed by atoms with van der Waals surface area (Å²) in [5, 5.41) is 18.6. The average molecular weight is 550 g/mol. The van der Waals surface area contributed by atoms with Crippen molar-refractivity contribution in [3.63, 3.8) is 0 Å². The normalized spacial score (nSPS) is 16.7. The molecule has 10 heteroatoms. The fourth-order valence-electron chi connectivity index (χ4n) is 5.60. The molecule has 0 radical (unpaired) electrons. The molecular formula is C30H39N5O5. The van der Waals surface area contributed by atoms with Crippen LogP contribution in [0.4, 0.5) is 10.5 Å². The molecular weight excluding hydrogens is 510 g/mol. The lowest BCUT2D eigenvalue weighted by molar-refractivity contribution is -0.138. The minimum Gasteiger partial charge on any atom is -0.493 e. The van der Waals surface area contributed by atoms with Gasteiger partial charge in [-0.25, -0.2) is 4.79 Å². The molecule has 2 aromatic heterocycles. The van der Waals surface area contributed by atoms with Gasteiger partial charge in [-0.3, -0.25) is 14.5 Å². The molecule has 40 heavy (non-hydrogen) atoms. The number of nitrogens with one attached hydrogen (secondary N) is 1. The van der Waals surface area contributed by atoms with E-state index in [-0.39, 0.29) is 24.5 Å². The standard InChI is InChI=1S/C30H39N5O5/c1-30(2,3)40-29(38)34-14-10-20(11-15-34)27(18-28(36)37)35-26-9-7-23(17-21(26)19-32-35)39-16-12-22-6-8-24-25(33-22)5-4-13-31-24/h6-9,17,19-20,27,31H,4-5,10-16,18H2,1-3H3,(H,36,37). The highest BCUT2D eigenvalue weighted by molar-refractivity contribution is 5.80. The van der Waals surface area contributed by atoms with Crippen LogP contribution in [0.3, 0.4) is 0 Å². The van der Waals surface area contributed by atoms with Crippen LogP contribution in [0, 0.1) is 5.92 Å². The van der Waals surface area contributed by atoms with Crippen molar-refractivity contribution in [1.82, 2.24) is 19.7 Å². The molecule has 4 heterocycles. The van der Waals surface area contributed by atoms with Gasteiger partial charge in [0.1, 0.15) is 11.4 Å². The Bertz CT molecular complexity index is 1360. The number of aryl methyl sites for hydroxylation is 1. The van der Waals surface area contributed by atoms with E-state index in [2.05, 4.69) is 16.5 Å². The number of carbonyl (C=O) groups excluding carboxylic acids is 1. The topological polar surface area (TPSA) is 119 Å². The Hall–Kier alpha value is -3.82. The van der Waals surface area contributed by atoms with Crippen LogP contribution < -0.4 is 10.1 Å². The van der Waals surface area contributed by atoms with E-state index in [4.69, 9.17) is 14.5 Å². The predicted octanol–water partition coefficient (Wildman–Crippen LogP) is 5.07. The molecule has 0 saturated carbocycles. The molecule has 2 aliphatic rings. The third-order valence-corrected chi connectivity index (χ3v) is 7.56. The summed E-state index contributed by atoms with van der Waals surface area (Å²) < 4.78 is 13.4. The van der Waals surface area contributed by atoms with E-state index in [1.54, 1.807) is 11.1 Å². The monoisotopic (exact) mass is 549 g/mol. The van der Waals surface area contributed by atoms with Gasteiger partial charge in [0.25, 0.3) is 0 Å². The lowest BCUT2D eigenvalue weighted by Crippen LogP contribution is -2.43. The van der Waals surface area contributed by atoms with Gasteiger partial charge in [-0.2, -0.15) is 5.10 Å². The summed E-state index contributed by atoms with van der Waals surface area (Å²) in [5.74, 6) is -0.0463. The van der Waals surface area contributed by atoms with Crippen molar-refractivity contribution >= 4 is 28.7 Å². The number of aliphatic carboxylic acids is 1. The van der Waals surface area contributed by atoms with Crippen LogP contribution in [0.5, 0.6) is 5.75 Å². The molecule has 2 aliphatic heterocycles. The number of hydrogen-bond acceptors (Lipinski definition) is 7. The first-order valence-electron chi connectivity index (χ1n) is 14.2. The lowest BCUT2D eigenvalue weighted by Gasteiger charge is -2.36. The quantitative estimate of drug-likeness (QED) is 0.400. The van der Waals surface area contributed by atoms with Crippen molar-refractivity contribution < 1.29 is 24.2 Å². The number of piperidine rings is 1. The number of nitrogens with zero attached hydrogens (tertiary/aromatic N) is 4. The number of carboxylic acids is 1. The minimum absolute atomic E-state index is 0.0323. The first-order chi connectivity index (χ1) is 19.2. The molecule has 1 aromatic carbocycles. The van der Waals surface area contributed by atoms with E-state index < -0.39 is 11.6 Å². The second-order valence-corrected chi connectivity index (χ2v) is 11.7. The third-order valence-electron chi connectivity index (χ3n) is 7.56. The number of benzene rings is 1. The molecule has 1 amide bonds. The smallest absolute Gasteiger partial charge is 0.410 e. The zero-order chi connectivity index (χ0) is 28.3. The maximum atomic E-state index is 12.5. The van der Waals surface area contributed by atoms with Crippen molar-refractivity contribution in [1.29, 1.82) is 0 Å². The molecule has 3 aromatic rings. The molecule has 10 nitrogen and oxygen atoms in total. The maximum Gasteiger partial charge on any atom is 0.410 e. The molecule has 1 fully saturated rings. The summed E-state index contributed by atoms with van der Waals surface area (Å²) >= 11 is 0. The van der Waals surface area contributed by atoms with E-state index in [1.165, 1.54) is 0 Å². The van der Waals surface area contributed by atoms with Crippen molar-refractivity contribution in [3.05, 3.63) is 47.9 Å². The van der Waals surface area contributed by atoms with E-state index in [0.29, 0.717) is 39.0 Å². The van der Waals surface area contributed by atoms with E-state index in [9.17, 15) is 14.7 Å². The van der Waals surface area contributed by atoms with Gasteiger partial charge in [0.05, 0.1) is 42.2 Å². The van der Waals surface area contributed by atoms with Gasteiger partial charge in [0.15, 0.2) is 0 Å². The Kier molecular flexibility index (Phi) is 8.14. The number of carboxylic acid groups (broad SMARTS) is 1. The average Bonchev–Trinajstić information content (AvgIpc) is 3.34. The van der Waals surface area contributed by atoms with Crippen LogP contribution in [0.25, 0.3) is 10.9 Å². The Morgan fingerprint density at radius 3 is 2.73 bits per heavy atom. The van der Waals surface area contributed by atoms with Gasteiger partial charge in [0, 0.05) is 37.1 Å². The molecule has 5 rings (SSSR count). The van der Waals surface area contributed by atoms with E-state index >= 15 is 0 Å². The first-order valence-corrected chi connectivity index (χ1v) is 14.2. The number of rotatable bonds is 8. The highest BCUT2D eigenvalue weighted by Crippen LogP contribution is 2.34. The zero-order valence-corrected chi connectivity index (χ0v) is 23.6.